The number of hydrogen-bond acceptors (Lipinski definition) is 7. The highest BCUT2D eigenvalue weighted by Gasteiger charge is 2.43. The second-order valence-electron chi connectivity index (χ2n) is 9.92. The van der Waals surface area contributed by atoms with Crippen LogP contribution in [0, 0.1) is 18.8 Å². The first-order valence-corrected chi connectivity index (χ1v) is 12.5. The minimum Gasteiger partial charge on any atom is -0.483 e. The van der Waals surface area contributed by atoms with E-state index in [-0.39, 0.29) is 31.0 Å². The minimum absolute atomic E-state index is 0.0649. The van der Waals surface area contributed by atoms with Gasteiger partial charge in [0, 0.05) is 37.9 Å². The highest BCUT2D eigenvalue weighted by molar-refractivity contribution is 5.94. The van der Waals surface area contributed by atoms with Gasteiger partial charge in [-0.3, -0.25) is 24.2 Å². The SMILES string of the molecule is Cc1cccc(C(C)C)c1NC(=O)CN1C[C@H]2C[C@@H](N3CCOCC3)[C@H](O)C[C@H]2C1.O=CO.O=CO. The van der Waals surface area contributed by atoms with Crippen LogP contribution >= 0.6 is 0 Å². The number of carbonyl (C=O) groups is 3. The molecule has 1 amide bonds. The fourth-order valence-corrected chi connectivity index (χ4v) is 5.66. The van der Waals surface area contributed by atoms with Crippen molar-refractivity contribution in [3.8, 4) is 0 Å². The molecule has 0 unspecified atom stereocenters. The van der Waals surface area contributed by atoms with Crippen LogP contribution in [0.2, 0.25) is 0 Å². The first kappa shape index (κ1) is 29.7. The van der Waals surface area contributed by atoms with Crippen molar-refractivity contribution >= 4 is 24.5 Å². The zero-order chi connectivity index (χ0) is 26.7. The van der Waals surface area contributed by atoms with Gasteiger partial charge in [0.2, 0.25) is 5.91 Å². The fourth-order valence-electron chi connectivity index (χ4n) is 5.66. The Labute approximate surface area is 213 Å². The molecule has 1 aliphatic carbocycles. The first-order valence-electron chi connectivity index (χ1n) is 12.5. The fraction of sp³-hybridized carbons (Fsp3) is 0.654. The lowest BCUT2D eigenvalue weighted by Crippen LogP contribution is -2.53. The molecule has 1 aromatic rings. The molecule has 4 N–H and O–H groups in total. The van der Waals surface area contributed by atoms with Gasteiger partial charge >= 0.3 is 0 Å². The van der Waals surface area contributed by atoms with Gasteiger partial charge in [-0.15, -0.1) is 0 Å². The molecule has 3 fully saturated rings. The Bertz CT molecular complexity index is 839. The quantitative estimate of drug-likeness (QED) is 0.440. The summed E-state index contributed by atoms with van der Waals surface area (Å²) >= 11 is 0. The highest BCUT2D eigenvalue weighted by Crippen LogP contribution is 2.38. The van der Waals surface area contributed by atoms with Crippen molar-refractivity contribution in [1.29, 1.82) is 0 Å². The molecule has 3 aliphatic rings. The molecule has 0 radical (unpaired) electrons. The summed E-state index contributed by atoms with van der Waals surface area (Å²) in [5, 5.41) is 27.7. The molecule has 0 aromatic heterocycles. The molecule has 202 valence electrons. The summed E-state index contributed by atoms with van der Waals surface area (Å²) in [7, 11) is 0. The Hall–Kier alpha value is -2.53. The molecular weight excluding hydrogens is 466 g/mol. The van der Waals surface area contributed by atoms with Crippen molar-refractivity contribution in [2.75, 3.05) is 51.3 Å². The molecule has 36 heavy (non-hydrogen) atoms. The van der Waals surface area contributed by atoms with E-state index in [0.717, 1.165) is 63.5 Å². The van der Waals surface area contributed by atoms with Gasteiger partial charge in [-0.2, -0.15) is 0 Å². The lowest BCUT2D eigenvalue weighted by Gasteiger charge is -2.43. The van der Waals surface area contributed by atoms with Crippen LogP contribution in [0.3, 0.4) is 0 Å². The number of carboxylic acid groups (broad SMARTS) is 2. The molecule has 1 aromatic carbocycles. The number of nitrogens with zero attached hydrogens (tertiary/aromatic N) is 2. The number of hydrogen-bond donors (Lipinski definition) is 4. The normalized spacial score (nSPS) is 26.0. The molecule has 2 heterocycles. The summed E-state index contributed by atoms with van der Waals surface area (Å²) in [5.74, 6) is 1.50. The van der Waals surface area contributed by atoms with Crippen molar-refractivity contribution in [3.63, 3.8) is 0 Å². The number of fused-ring (bicyclic) bond motifs is 1. The van der Waals surface area contributed by atoms with Crippen LogP contribution in [0.1, 0.15) is 43.7 Å². The lowest BCUT2D eigenvalue weighted by molar-refractivity contribution is -0.123. The number of aliphatic hydroxyl groups excluding tert-OH is 1. The van der Waals surface area contributed by atoms with Gasteiger partial charge in [-0.25, -0.2) is 0 Å². The van der Waals surface area contributed by atoms with Crippen LogP contribution < -0.4 is 5.32 Å². The molecule has 10 nitrogen and oxygen atoms in total. The van der Waals surface area contributed by atoms with E-state index in [2.05, 4.69) is 54.1 Å². The average molecular weight is 508 g/mol. The third kappa shape index (κ3) is 8.26. The number of amides is 1. The number of morpholine rings is 1. The van der Waals surface area contributed by atoms with E-state index in [0.29, 0.717) is 24.3 Å². The smallest absolute Gasteiger partial charge is 0.290 e. The first-order chi connectivity index (χ1) is 17.2. The number of aryl methyl sites for hydroxylation is 1. The van der Waals surface area contributed by atoms with Gasteiger partial charge in [0.05, 0.1) is 25.9 Å². The van der Waals surface area contributed by atoms with E-state index in [1.54, 1.807) is 0 Å². The minimum atomic E-state index is -0.265. The van der Waals surface area contributed by atoms with Gasteiger partial charge in [-0.1, -0.05) is 32.0 Å². The molecule has 0 bridgehead atoms. The number of carbonyl (C=O) groups excluding carboxylic acids is 1. The summed E-state index contributed by atoms with van der Waals surface area (Å²) in [6, 6.07) is 6.45. The van der Waals surface area contributed by atoms with Crippen LogP contribution in [-0.2, 0) is 19.1 Å². The molecule has 4 atom stereocenters. The van der Waals surface area contributed by atoms with Crippen molar-refractivity contribution in [1.82, 2.24) is 9.80 Å². The molecule has 0 spiro atoms. The monoisotopic (exact) mass is 507 g/mol. The number of benzene rings is 1. The van der Waals surface area contributed by atoms with Crippen LogP contribution in [0.15, 0.2) is 18.2 Å². The number of aliphatic hydroxyl groups is 1. The van der Waals surface area contributed by atoms with Gasteiger partial charge in [-0.05, 0) is 48.6 Å². The van der Waals surface area contributed by atoms with Crippen molar-refractivity contribution in [3.05, 3.63) is 29.3 Å². The summed E-state index contributed by atoms with van der Waals surface area (Å²) in [5.41, 5.74) is 3.27. The molecule has 2 saturated heterocycles. The Morgan fingerprint density at radius 3 is 2.28 bits per heavy atom. The zero-order valence-electron chi connectivity index (χ0n) is 21.5. The van der Waals surface area contributed by atoms with Crippen LogP contribution in [0.25, 0.3) is 0 Å². The predicted octanol–water partition coefficient (Wildman–Crippen LogP) is 1.86. The van der Waals surface area contributed by atoms with Crippen molar-refractivity contribution in [2.24, 2.45) is 11.8 Å². The predicted molar refractivity (Wildman–Crippen MR) is 136 cm³/mol. The molecule has 2 aliphatic heterocycles. The Morgan fingerprint density at radius 2 is 1.69 bits per heavy atom. The lowest BCUT2D eigenvalue weighted by atomic mass is 9.77. The molecule has 10 heteroatoms. The van der Waals surface area contributed by atoms with Crippen LogP contribution in [0.5, 0.6) is 0 Å². The largest absolute Gasteiger partial charge is 0.483 e. The zero-order valence-corrected chi connectivity index (χ0v) is 21.5. The average Bonchev–Trinajstić information content (AvgIpc) is 3.22. The number of anilines is 1. The van der Waals surface area contributed by atoms with E-state index in [4.69, 9.17) is 24.5 Å². The summed E-state index contributed by atoms with van der Waals surface area (Å²) in [6.07, 6.45) is 1.61. The number of nitrogens with one attached hydrogen (secondary N) is 1. The van der Waals surface area contributed by atoms with Gasteiger partial charge in [0.15, 0.2) is 0 Å². The second-order valence-corrected chi connectivity index (χ2v) is 9.92. The van der Waals surface area contributed by atoms with Crippen LogP contribution in [-0.4, -0.2) is 102 Å². The molecular formula is C26H41N3O7. The van der Waals surface area contributed by atoms with E-state index in [1.807, 2.05) is 0 Å². The Morgan fingerprint density at radius 1 is 1.11 bits per heavy atom. The maximum Gasteiger partial charge on any atom is 0.290 e. The van der Waals surface area contributed by atoms with Crippen LogP contribution in [0.4, 0.5) is 5.69 Å². The number of para-hydroxylation sites is 1. The second kappa shape index (κ2) is 14.9. The summed E-state index contributed by atoms with van der Waals surface area (Å²) < 4.78 is 5.48. The maximum absolute atomic E-state index is 12.9. The molecule has 1 saturated carbocycles. The number of likely N-dealkylation sites (tertiary alicyclic amines) is 1. The van der Waals surface area contributed by atoms with Gasteiger partial charge in [0.1, 0.15) is 0 Å². The standard InChI is InChI=1S/C24H37N3O3.2CH2O2/c1-16(2)20-6-4-5-17(3)24(20)25-23(29)15-26-13-18-11-21(22(28)12-19(18)14-26)27-7-9-30-10-8-27;2*2-1-3/h4-6,16,18-19,21-22,28H,7-15H2,1-3H3,(H,25,29);2*1H,(H,2,3)/t18-,19+,21-,22-;;/m1../s1. The van der Waals surface area contributed by atoms with E-state index >= 15 is 0 Å². The van der Waals surface area contributed by atoms with Crippen molar-refractivity contribution < 1.29 is 34.4 Å². The Kier molecular flexibility index (Phi) is 12.3. The Balaban J connectivity index is 0.000000693. The number of ether oxygens (including phenoxy) is 1. The number of rotatable bonds is 5. The van der Waals surface area contributed by atoms with Gasteiger partial charge in [0.25, 0.3) is 12.9 Å². The highest BCUT2D eigenvalue weighted by atomic mass is 16.5. The maximum atomic E-state index is 12.9. The summed E-state index contributed by atoms with van der Waals surface area (Å²) in [4.78, 5) is 34.3. The van der Waals surface area contributed by atoms with E-state index < -0.39 is 0 Å². The van der Waals surface area contributed by atoms with E-state index in [1.165, 1.54) is 5.56 Å². The summed E-state index contributed by atoms with van der Waals surface area (Å²) in [6.45, 7) is 11.5. The topological polar surface area (TPSA) is 140 Å². The van der Waals surface area contributed by atoms with Gasteiger partial charge < -0.3 is 25.4 Å². The molecule has 4 rings (SSSR count). The third-order valence-corrected chi connectivity index (χ3v) is 7.26. The van der Waals surface area contributed by atoms with E-state index in [9.17, 15) is 9.90 Å². The third-order valence-electron chi connectivity index (χ3n) is 7.26. The van der Waals surface area contributed by atoms with Crippen molar-refractivity contribution in [2.45, 2.75) is 51.7 Å².